The number of fused-ring (bicyclic) bond motifs is 5. The van der Waals surface area contributed by atoms with Gasteiger partial charge in [0.25, 0.3) is 11.8 Å². The maximum atomic E-state index is 13.1. The number of halogens is 1. The van der Waals surface area contributed by atoms with Crippen molar-refractivity contribution in [2.24, 2.45) is 0 Å². The first kappa shape index (κ1) is 23.4. The van der Waals surface area contributed by atoms with Crippen LogP contribution in [0.15, 0.2) is 42.5 Å². The second-order valence-electron chi connectivity index (χ2n) is 9.04. The molecule has 0 radical (unpaired) electrons. The van der Waals surface area contributed by atoms with Crippen molar-refractivity contribution < 1.29 is 14.7 Å². The molecule has 1 aromatic heterocycles. The van der Waals surface area contributed by atoms with Gasteiger partial charge in [0.1, 0.15) is 5.75 Å². The van der Waals surface area contributed by atoms with Crippen molar-refractivity contribution >= 4 is 45.2 Å². The molecule has 0 spiro atoms. The summed E-state index contributed by atoms with van der Waals surface area (Å²) in [6.07, 6.45) is 3.62. The zero-order valence-corrected chi connectivity index (χ0v) is 20.6. The van der Waals surface area contributed by atoms with Gasteiger partial charge in [-0.3, -0.25) is 14.9 Å². The standard InChI is InChI=1S/C28H28ClN3O3/c1-3-12-32-21-13-16(8-6-7-11-30-2)23(33)15-19(21)24-22(32)14-18(17-9-4-5-10-20(17)29)25-26(24)28(35)31-27(25)34/h4-5,9-10,13-15,30,33H,3,6-8,11-12H2,1-2H3,(H,31,34,35). The van der Waals surface area contributed by atoms with Crippen LogP contribution in [0.2, 0.25) is 5.02 Å². The average Bonchev–Trinajstić information content (AvgIpc) is 3.30. The molecular weight excluding hydrogens is 462 g/mol. The van der Waals surface area contributed by atoms with Gasteiger partial charge in [0.05, 0.1) is 16.6 Å². The van der Waals surface area contributed by atoms with Crippen LogP contribution in [0.3, 0.4) is 0 Å². The summed E-state index contributed by atoms with van der Waals surface area (Å²) >= 11 is 6.53. The zero-order chi connectivity index (χ0) is 24.7. The van der Waals surface area contributed by atoms with E-state index in [-0.39, 0.29) is 5.75 Å². The van der Waals surface area contributed by atoms with Gasteiger partial charge in [-0.15, -0.1) is 0 Å². The van der Waals surface area contributed by atoms with Crippen molar-refractivity contribution in [3.05, 3.63) is 64.2 Å². The minimum absolute atomic E-state index is 0.214. The Morgan fingerprint density at radius 3 is 2.51 bits per heavy atom. The SMILES string of the molecule is CCCn1c2cc(CCCCNC)c(O)cc2c2c3c(c(-c4ccccc4Cl)cc21)C(=O)NC3=O. The molecule has 3 aromatic carbocycles. The predicted molar refractivity (Wildman–Crippen MR) is 141 cm³/mol. The van der Waals surface area contributed by atoms with Crippen LogP contribution in [0.1, 0.15) is 52.5 Å². The molecule has 0 saturated carbocycles. The van der Waals surface area contributed by atoms with Crippen LogP contribution in [0.5, 0.6) is 5.75 Å². The highest BCUT2D eigenvalue weighted by Crippen LogP contribution is 2.43. The molecule has 180 valence electrons. The van der Waals surface area contributed by atoms with E-state index in [1.165, 1.54) is 0 Å². The molecule has 1 aliphatic heterocycles. The van der Waals surface area contributed by atoms with Crippen molar-refractivity contribution in [1.29, 1.82) is 0 Å². The Balaban J connectivity index is 1.83. The quantitative estimate of drug-likeness (QED) is 0.220. The van der Waals surface area contributed by atoms with E-state index < -0.39 is 11.8 Å². The Kier molecular flexibility index (Phi) is 6.26. The minimum Gasteiger partial charge on any atom is -0.508 e. The van der Waals surface area contributed by atoms with Gasteiger partial charge in [-0.1, -0.05) is 36.7 Å². The van der Waals surface area contributed by atoms with Crippen LogP contribution in [0.25, 0.3) is 32.9 Å². The van der Waals surface area contributed by atoms with E-state index in [1.54, 1.807) is 12.1 Å². The molecule has 0 saturated heterocycles. The number of phenols is 1. The molecule has 2 amide bonds. The van der Waals surface area contributed by atoms with Crippen LogP contribution >= 0.6 is 11.6 Å². The fraction of sp³-hybridized carbons (Fsp3) is 0.286. The second-order valence-corrected chi connectivity index (χ2v) is 9.45. The van der Waals surface area contributed by atoms with Gasteiger partial charge in [0.15, 0.2) is 0 Å². The summed E-state index contributed by atoms with van der Waals surface area (Å²) < 4.78 is 2.19. The summed E-state index contributed by atoms with van der Waals surface area (Å²) in [7, 11) is 1.93. The van der Waals surface area contributed by atoms with Gasteiger partial charge in [-0.25, -0.2) is 0 Å². The Hall–Kier alpha value is -3.35. The van der Waals surface area contributed by atoms with Gasteiger partial charge in [-0.05, 0) is 74.7 Å². The number of aromatic nitrogens is 1. The number of aryl methyl sites for hydroxylation is 2. The number of hydrogen-bond donors (Lipinski definition) is 3. The number of aromatic hydroxyl groups is 1. The maximum Gasteiger partial charge on any atom is 0.259 e. The molecular formula is C28H28ClN3O3. The smallest absolute Gasteiger partial charge is 0.259 e. The molecule has 2 heterocycles. The first-order valence-electron chi connectivity index (χ1n) is 12.1. The third kappa shape index (κ3) is 3.87. The van der Waals surface area contributed by atoms with Crippen LogP contribution in [-0.2, 0) is 13.0 Å². The van der Waals surface area contributed by atoms with Crippen LogP contribution in [0, 0.1) is 0 Å². The highest BCUT2D eigenvalue weighted by molar-refractivity contribution is 6.36. The lowest BCUT2D eigenvalue weighted by Gasteiger charge is -2.12. The molecule has 1 aliphatic rings. The van der Waals surface area contributed by atoms with Crippen molar-refractivity contribution in [2.45, 2.75) is 39.2 Å². The first-order valence-corrected chi connectivity index (χ1v) is 12.4. The summed E-state index contributed by atoms with van der Waals surface area (Å²) in [5.41, 5.74) is 4.72. The molecule has 0 atom stereocenters. The molecule has 0 aliphatic carbocycles. The predicted octanol–water partition coefficient (Wildman–Crippen LogP) is 5.66. The molecule has 35 heavy (non-hydrogen) atoms. The fourth-order valence-corrected chi connectivity index (χ4v) is 5.43. The van der Waals surface area contributed by atoms with Gasteiger partial charge >= 0.3 is 0 Å². The molecule has 0 fully saturated rings. The summed E-state index contributed by atoms with van der Waals surface area (Å²) in [6.45, 7) is 3.77. The van der Waals surface area contributed by atoms with Crippen LogP contribution in [0.4, 0.5) is 0 Å². The Labute approximate surface area is 208 Å². The van der Waals surface area contributed by atoms with Crippen molar-refractivity contribution in [3.63, 3.8) is 0 Å². The van der Waals surface area contributed by atoms with Gasteiger partial charge in [-0.2, -0.15) is 0 Å². The van der Waals surface area contributed by atoms with Crippen LogP contribution < -0.4 is 10.6 Å². The lowest BCUT2D eigenvalue weighted by Crippen LogP contribution is -2.20. The number of imide groups is 1. The van der Waals surface area contributed by atoms with Gasteiger partial charge < -0.3 is 15.0 Å². The van der Waals surface area contributed by atoms with E-state index in [0.29, 0.717) is 32.7 Å². The number of carbonyl (C=O) groups excluding carboxylic acids is 2. The van der Waals surface area contributed by atoms with E-state index in [9.17, 15) is 14.7 Å². The molecule has 4 aromatic rings. The Morgan fingerprint density at radius 1 is 1.00 bits per heavy atom. The second kappa shape index (κ2) is 9.36. The highest BCUT2D eigenvalue weighted by Gasteiger charge is 2.35. The molecule has 7 heteroatoms. The normalized spacial score (nSPS) is 13.1. The number of rotatable bonds is 8. The third-order valence-corrected chi connectivity index (χ3v) is 7.10. The maximum absolute atomic E-state index is 13.1. The Morgan fingerprint density at radius 2 is 1.77 bits per heavy atom. The summed E-state index contributed by atoms with van der Waals surface area (Å²) in [5, 5.41) is 18.5. The number of amides is 2. The summed E-state index contributed by atoms with van der Waals surface area (Å²) in [5.74, 6) is -0.634. The number of hydrogen-bond acceptors (Lipinski definition) is 4. The van der Waals surface area contributed by atoms with E-state index in [4.69, 9.17) is 11.6 Å². The molecule has 3 N–H and O–H groups in total. The number of nitrogens with one attached hydrogen (secondary N) is 2. The summed E-state index contributed by atoms with van der Waals surface area (Å²) in [4.78, 5) is 26.0. The fourth-order valence-electron chi connectivity index (χ4n) is 5.19. The van der Waals surface area contributed by atoms with Gasteiger partial charge in [0, 0.05) is 33.4 Å². The summed E-state index contributed by atoms with van der Waals surface area (Å²) in [6, 6.07) is 13.1. The van der Waals surface area contributed by atoms with Crippen molar-refractivity contribution in [2.75, 3.05) is 13.6 Å². The van der Waals surface area contributed by atoms with E-state index in [0.717, 1.165) is 60.8 Å². The van der Waals surface area contributed by atoms with E-state index in [1.807, 2.05) is 37.4 Å². The molecule has 0 unspecified atom stereocenters. The highest BCUT2D eigenvalue weighted by atomic mass is 35.5. The lowest BCUT2D eigenvalue weighted by atomic mass is 9.92. The largest absolute Gasteiger partial charge is 0.508 e. The average molecular weight is 490 g/mol. The first-order chi connectivity index (χ1) is 17.0. The Bertz CT molecular complexity index is 1490. The van der Waals surface area contributed by atoms with E-state index >= 15 is 0 Å². The van der Waals surface area contributed by atoms with Crippen molar-refractivity contribution in [3.8, 4) is 16.9 Å². The number of nitrogens with zero attached hydrogens (tertiary/aromatic N) is 1. The van der Waals surface area contributed by atoms with Crippen molar-refractivity contribution in [1.82, 2.24) is 15.2 Å². The van der Waals surface area contributed by atoms with E-state index in [2.05, 4.69) is 22.1 Å². The third-order valence-electron chi connectivity index (χ3n) is 6.77. The van der Waals surface area contributed by atoms with Gasteiger partial charge in [0.2, 0.25) is 0 Å². The van der Waals surface area contributed by atoms with Crippen LogP contribution in [-0.4, -0.2) is 35.1 Å². The molecule has 5 rings (SSSR count). The zero-order valence-electron chi connectivity index (χ0n) is 19.9. The number of benzene rings is 3. The number of unbranched alkanes of at least 4 members (excludes halogenated alkanes) is 1. The monoisotopic (exact) mass is 489 g/mol. The molecule has 0 bridgehead atoms. The minimum atomic E-state index is -0.427. The number of carbonyl (C=O) groups is 2. The molecule has 6 nitrogen and oxygen atoms in total. The lowest BCUT2D eigenvalue weighted by molar-refractivity contribution is 0.0880. The number of phenolic OH excluding ortho intramolecular Hbond substituents is 1. The topological polar surface area (TPSA) is 83.4 Å².